The molecule has 1 nitrogen and oxygen atoms in total. The lowest BCUT2D eigenvalue weighted by Gasteiger charge is -2.22. The first-order valence-corrected chi connectivity index (χ1v) is 9.39. The van der Waals surface area contributed by atoms with Gasteiger partial charge >= 0.3 is 0 Å². The van der Waals surface area contributed by atoms with E-state index in [1.165, 1.54) is 10.5 Å². The highest BCUT2D eigenvalue weighted by Gasteiger charge is 2.23. The van der Waals surface area contributed by atoms with E-state index in [0.717, 1.165) is 17.4 Å². The van der Waals surface area contributed by atoms with Gasteiger partial charge in [0.15, 0.2) is 0 Å². The summed E-state index contributed by atoms with van der Waals surface area (Å²) in [5.41, 5.74) is 1.30. The van der Waals surface area contributed by atoms with Crippen LogP contribution < -0.4 is 0 Å². The van der Waals surface area contributed by atoms with Crippen molar-refractivity contribution in [3.8, 4) is 0 Å². The van der Waals surface area contributed by atoms with Crippen molar-refractivity contribution in [2.75, 3.05) is 13.1 Å². The van der Waals surface area contributed by atoms with Crippen molar-refractivity contribution < 1.29 is 0 Å². The van der Waals surface area contributed by atoms with E-state index in [4.69, 9.17) is 12.2 Å². The van der Waals surface area contributed by atoms with E-state index in [9.17, 15) is 0 Å². The summed E-state index contributed by atoms with van der Waals surface area (Å²) >= 11 is 11.1. The van der Waals surface area contributed by atoms with E-state index in [1.807, 2.05) is 23.5 Å². The Kier molecular flexibility index (Phi) is 6.13. The molecule has 0 saturated carbocycles. The lowest BCUT2D eigenvalue weighted by molar-refractivity contribution is 0.482. The molecule has 1 unspecified atom stereocenters. The fourth-order valence-electron chi connectivity index (χ4n) is 1.71. The van der Waals surface area contributed by atoms with Crippen LogP contribution in [0.1, 0.15) is 19.4 Å². The molecule has 0 radical (unpaired) electrons. The fraction of sp³-hybridized carbons (Fsp3) is 0.357. The first-order chi connectivity index (χ1) is 9.24. The minimum Gasteiger partial charge on any atom is -0.358 e. The Labute approximate surface area is 133 Å². The van der Waals surface area contributed by atoms with Gasteiger partial charge in [0.25, 0.3) is 0 Å². The predicted molar refractivity (Wildman–Crippen MR) is 96.5 cm³/mol. The first kappa shape index (κ1) is 15.3. The number of benzene rings is 1. The second kappa shape index (κ2) is 7.62. The normalized spacial score (nSPS) is 18.2. The molecular formula is C14H17NS4. The average molecular weight is 328 g/mol. The number of hydrogen-bond acceptors (Lipinski definition) is 4. The summed E-state index contributed by atoms with van der Waals surface area (Å²) < 4.78 is 1.46. The molecule has 1 atom stereocenters. The summed E-state index contributed by atoms with van der Waals surface area (Å²) in [6.45, 7) is 6.28. The molecule has 5 heteroatoms. The number of thioether (sulfide) groups is 3. The molecule has 1 aromatic rings. The molecule has 0 amide bonds. The van der Waals surface area contributed by atoms with Crippen LogP contribution in [0.4, 0.5) is 0 Å². The van der Waals surface area contributed by atoms with E-state index in [0.29, 0.717) is 3.91 Å². The number of thiocarbonyl (C=S) groups is 1. The van der Waals surface area contributed by atoms with Gasteiger partial charge < -0.3 is 4.90 Å². The molecule has 0 spiro atoms. The first-order valence-electron chi connectivity index (χ1n) is 6.27. The van der Waals surface area contributed by atoms with Crippen LogP contribution >= 0.6 is 47.5 Å². The van der Waals surface area contributed by atoms with Crippen molar-refractivity contribution in [3.05, 3.63) is 41.3 Å². The lowest BCUT2D eigenvalue weighted by atomic mass is 10.2. The second-order valence-corrected chi connectivity index (χ2v) is 8.71. The van der Waals surface area contributed by atoms with Crippen molar-refractivity contribution in [2.45, 2.75) is 17.8 Å². The highest BCUT2D eigenvalue weighted by Crippen LogP contribution is 2.50. The molecule has 1 aliphatic rings. The second-order valence-electron chi connectivity index (χ2n) is 3.95. The van der Waals surface area contributed by atoms with E-state index < -0.39 is 0 Å². The smallest absolute Gasteiger partial charge is 0.138 e. The van der Waals surface area contributed by atoms with Crippen LogP contribution in [0.25, 0.3) is 4.91 Å². The Balaban J connectivity index is 1.89. The standard InChI is InChI=1S/C14H17NS4/c1-3-15(4-2)13(16)19-14-17-10-12(18-14)11-8-6-5-7-9-11/h5-10,14H,3-4H2,1-2H3. The van der Waals surface area contributed by atoms with Crippen molar-refractivity contribution in [1.29, 1.82) is 0 Å². The summed E-state index contributed by atoms with van der Waals surface area (Å²) in [5, 5.41) is 2.25. The Hall–Kier alpha value is -0.100. The molecule has 0 aliphatic carbocycles. The van der Waals surface area contributed by atoms with Crippen molar-refractivity contribution in [1.82, 2.24) is 4.90 Å². The molecule has 2 rings (SSSR count). The molecule has 0 fully saturated rings. The van der Waals surface area contributed by atoms with Gasteiger partial charge in [0.1, 0.15) is 8.23 Å². The summed E-state index contributed by atoms with van der Waals surface area (Å²) in [7, 11) is 0. The topological polar surface area (TPSA) is 3.24 Å². The van der Waals surface area contributed by atoms with E-state index in [1.54, 1.807) is 11.8 Å². The van der Waals surface area contributed by atoms with Crippen molar-refractivity contribution >= 4 is 56.7 Å². The van der Waals surface area contributed by atoms with Gasteiger partial charge in [-0.05, 0) is 24.8 Å². The molecule has 1 aliphatic heterocycles. The molecule has 0 bridgehead atoms. The number of rotatable bonds is 4. The maximum atomic E-state index is 5.50. The van der Waals surface area contributed by atoms with Crippen LogP contribution in [0.3, 0.4) is 0 Å². The number of nitrogens with zero attached hydrogens (tertiary/aromatic N) is 1. The minimum atomic E-state index is 0.448. The van der Waals surface area contributed by atoms with Crippen LogP contribution in [0.5, 0.6) is 0 Å². The van der Waals surface area contributed by atoms with Crippen LogP contribution in [-0.2, 0) is 0 Å². The van der Waals surface area contributed by atoms with Gasteiger partial charge in [-0.1, -0.05) is 66.1 Å². The highest BCUT2D eigenvalue weighted by molar-refractivity contribution is 8.43. The van der Waals surface area contributed by atoms with Crippen LogP contribution in [-0.4, -0.2) is 26.2 Å². The van der Waals surface area contributed by atoms with Gasteiger partial charge in [-0.2, -0.15) is 0 Å². The van der Waals surface area contributed by atoms with Gasteiger partial charge in [-0.25, -0.2) is 0 Å². The molecule has 19 heavy (non-hydrogen) atoms. The molecule has 0 aromatic heterocycles. The molecule has 1 heterocycles. The van der Waals surface area contributed by atoms with E-state index in [-0.39, 0.29) is 0 Å². The Morgan fingerprint density at radius 3 is 2.58 bits per heavy atom. The maximum absolute atomic E-state index is 5.50. The highest BCUT2D eigenvalue weighted by atomic mass is 32.3. The van der Waals surface area contributed by atoms with Gasteiger partial charge in [-0.15, -0.1) is 11.8 Å². The van der Waals surface area contributed by atoms with Crippen molar-refractivity contribution in [3.63, 3.8) is 0 Å². The van der Waals surface area contributed by atoms with Crippen molar-refractivity contribution in [2.24, 2.45) is 0 Å². The van der Waals surface area contributed by atoms with Crippen LogP contribution in [0.15, 0.2) is 35.7 Å². The van der Waals surface area contributed by atoms with Crippen LogP contribution in [0.2, 0.25) is 0 Å². The van der Waals surface area contributed by atoms with Gasteiger partial charge in [0, 0.05) is 18.0 Å². The Bertz CT molecular complexity index is 454. The third-order valence-corrected chi connectivity index (χ3v) is 7.35. The predicted octanol–water partition coefficient (Wildman–Crippen LogP) is 5.11. The monoisotopic (exact) mass is 327 g/mol. The molecule has 102 valence electrons. The Morgan fingerprint density at radius 1 is 1.26 bits per heavy atom. The number of hydrogen-bond donors (Lipinski definition) is 0. The molecular weight excluding hydrogens is 310 g/mol. The molecule has 1 aromatic carbocycles. The third-order valence-electron chi connectivity index (χ3n) is 2.79. The third kappa shape index (κ3) is 4.18. The fourth-order valence-corrected chi connectivity index (χ4v) is 6.57. The van der Waals surface area contributed by atoms with Gasteiger partial charge in [-0.3, -0.25) is 0 Å². The van der Waals surface area contributed by atoms with Gasteiger partial charge in [0.05, 0.1) is 0 Å². The zero-order chi connectivity index (χ0) is 13.7. The van der Waals surface area contributed by atoms with E-state index in [2.05, 4.69) is 54.5 Å². The SMILES string of the molecule is CCN(CC)C(=S)SC1SC=C(c2ccccc2)S1. The summed E-state index contributed by atoms with van der Waals surface area (Å²) in [5.74, 6) is 0. The van der Waals surface area contributed by atoms with Crippen LogP contribution in [0, 0.1) is 0 Å². The summed E-state index contributed by atoms with van der Waals surface area (Å²) in [6.07, 6.45) is 0. The summed E-state index contributed by atoms with van der Waals surface area (Å²) in [6, 6.07) is 10.5. The quantitative estimate of drug-likeness (QED) is 0.705. The summed E-state index contributed by atoms with van der Waals surface area (Å²) in [4.78, 5) is 3.59. The van der Waals surface area contributed by atoms with Gasteiger partial charge in [0.2, 0.25) is 0 Å². The largest absolute Gasteiger partial charge is 0.358 e. The molecule has 0 saturated heterocycles. The zero-order valence-corrected chi connectivity index (χ0v) is 14.3. The van der Waals surface area contributed by atoms with E-state index >= 15 is 0 Å². The lowest BCUT2D eigenvalue weighted by Crippen LogP contribution is -2.27. The average Bonchev–Trinajstić information content (AvgIpc) is 2.89. The minimum absolute atomic E-state index is 0.448. The molecule has 0 N–H and O–H groups in total. The zero-order valence-electron chi connectivity index (χ0n) is 11.0. The Morgan fingerprint density at radius 2 is 1.95 bits per heavy atom. The maximum Gasteiger partial charge on any atom is 0.138 e.